The van der Waals surface area contributed by atoms with Gasteiger partial charge in [0.25, 0.3) is 0 Å². The van der Waals surface area contributed by atoms with Crippen molar-refractivity contribution in [2.24, 2.45) is 0 Å². The van der Waals surface area contributed by atoms with Gasteiger partial charge >= 0.3 is 0 Å². The number of hydrogen-bond donors (Lipinski definition) is 1. The molecule has 0 saturated carbocycles. The minimum atomic E-state index is -0.746. The van der Waals surface area contributed by atoms with Gasteiger partial charge in [0.2, 0.25) is 0 Å². The Kier molecular flexibility index (Phi) is 8.56. The molecule has 0 unspecified atom stereocenters. The second kappa shape index (κ2) is 12.8. The van der Waals surface area contributed by atoms with Crippen molar-refractivity contribution in [2.75, 3.05) is 0 Å². The highest BCUT2D eigenvalue weighted by molar-refractivity contribution is 7.82. The lowest BCUT2D eigenvalue weighted by Crippen LogP contribution is -2.27. The molecule has 0 radical (unpaired) electrons. The van der Waals surface area contributed by atoms with Crippen LogP contribution in [-0.4, -0.2) is 0 Å². The van der Waals surface area contributed by atoms with Crippen LogP contribution in [0.25, 0.3) is 0 Å². The van der Waals surface area contributed by atoms with Gasteiger partial charge in [-0.2, -0.15) is 12.6 Å². The van der Waals surface area contributed by atoms with Crippen molar-refractivity contribution in [1.82, 2.24) is 0 Å². The second-order valence-electron chi connectivity index (χ2n) is 9.53. The van der Waals surface area contributed by atoms with Crippen LogP contribution < -0.4 is 31.8 Å². The van der Waals surface area contributed by atoms with E-state index in [-0.39, 0.29) is 5.25 Å². The van der Waals surface area contributed by atoms with Crippen LogP contribution in [0.4, 0.5) is 0 Å². The Balaban J connectivity index is 1.51. The van der Waals surface area contributed by atoms with E-state index in [1.165, 1.54) is 43.0 Å². The number of hydrogen-bond acceptors (Lipinski definition) is 1. The molecule has 0 nitrogen and oxygen atoms in total. The largest absolute Gasteiger partial charge is 0.166 e. The Bertz CT molecular complexity index is 1450. The zero-order valence-corrected chi connectivity index (χ0v) is 24.8. The zero-order valence-electron chi connectivity index (χ0n) is 22.1. The lowest BCUT2D eigenvalue weighted by atomic mass is 10.0. The molecule has 0 saturated heterocycles. The molecule has 0 N–H and O–H groups in total. The Labute approximate surface area is 245 Å². The van der Waals surface area contributed by atoms with E-state index in [9.17, 15) is 0 Å². The molecule has 40 heavy (non-hydrogen) atoms. The quantitative estimate of drug-likeness (QED) is 0.145. The summed E-state index contributed by atoms with van der Waals surface area (Å²) >= 11 is 5.41. The molecular formula is C37H30P2S. The lowest BCUT2D eigenvalue weighted by molar-refractivity contribution is 1.20. The fourth-order valence-corrected chi connectivity index (χ4v) is 10.8. The van der Waals surface area contributed by atoms with E-state index in [4.69, 9.17) is 12.6 Å². The van der Waals surface area contributed by atoms with Gasteiger partial charge in [0.05, 0.1) is 5.25 Å². The Morgan fingerprint density at radius 3 is 0.875 bits per heavy atom. The summed E-state index contributed by atoms with van der Waals surface area (Å²) in [5, 5.41) is 8.03. The van der Waals surface area contributed by atoms with Crippen molar-refractivity contribution in [2.45, 2.75) is 5.25 Å². The predicted molar refractivity (Wildman–Crippen MR) is 181 cm³/mol. The van der Waals surface area contributed by atoms with Crippen molar-refractivity contribution in [3.05, 3.63) is 181 Å². The lowest BCUT2D eigenvalue weighted by Gasteiger charge is -2.28. The van der Waals surface area contributed by atoms with E-state index in [1.54, 1.807) is 0 Å². The summed E-state index contributed by atoms with van der Waals surface area (Å²) in [6.07, 6.45) is 0. The summed E-state index contributed by atoms with van der Waals surface area (Å²) in [6, 6.07) is 61.5. The topological polar surface area (TPSA) is 0 Å². The molecule has 6 rings (SSSR count). The summed E-state index contributed by atoms with van der Waals surface area (Å²) in [4.78, 5) is 0. The Hall–Kier alpha value is -3.47. The minimum absolute atomic E-state index is 0.0674. The van der Waals surface area contributed by atoms with E-state index in [0.717, 1.165) is 0 Å². The van der Waals surface area contributed by atoms with Crippen molar-refractivity contribution in [3.63, 3.8) is 0 Å². The second-order valence-corrected chi connectivity index (χ2v) is 14.4. The molecule has 0 spiro atoms. The van der Waals surface area contributed by atoms with Crippen LogP contribution in [0.2, 0.25) is 0 Å². The van der Waals surface area contributed by atoms with Crippen molar-refractivity contribution in [3.8, 4) is 0 Å². The maximum Gasteiger partial charge on any atom is 0.0529 e. The molecule has 0 heterocycles. The summed E-state index contributed by atoms with van der Waals surface area (Å²) < 4.78 is 0. The molecule has 6 aromatic carbocycles. The molecule has 0 aromatic heterocycles. The predicted octanol–water partition coefficient (Wildman–Crippen LogP) is 7.22. The van der Waals surface area contributed by atoms with Gasteiger partial charge in [-0.25, -0.2) is 0 Å². The van der Waals surface area contributed by atoms with Crippen LogP contribution in [0.15, 0.2) is 170 Å². The first-order valence-corrected chi connectivity index (χ1v) is 16.7. The van der Waals surface area contributed by atoms with Crippen LogP contribution in [-0.2, 0) is 0 Å². The van der Waals surface area contributed by atoms with E-state index in [1.807, 2.05) is 0 Å². The average Bonchev–Trinajstić information content (AvgIpc) is 3.04. The van der Waals surface area contributed by atoms with Crippen LogP contribution in [0.1, 0.15) is 16.4 Å². The fraction of sp³-hybridized carbons (Fsp3) is 0.0270. The van der Waals surface area contributed by atoms with Gasteiger partial charge in [0.15, 0.2) is 0 Å². The number of benzene rings is 6. The molecule has 194 valence electrons. The van der Waals surface area contributed by atoms with E-state index >= 15 is 0 Å². The van der Waals surface area contributed by atoms with Crippen LogP contribution in [0.5, 0.6) is 0 Å². The third-order valence-electron chi connectivity index (χ3n) is 7.00. The van der Waals surface area contributed by atoms with E-state index in [2.05, 4.69) is 170 Å². The SMILES string of the molecule is SC(c1ccccc1P(c1ccccc1)c1ccccc1)c1ccccc1P(c1ccccc1)c1ccccc1. The maximum atomic E-state index is 5.41. The summed E-state index contributed by atoms with van der Waals surface area (Å²) in [7, 11) is -1.49. The third-order valence-corrected chi connectivity index (χ3v) is 12.6. The summed E-state index contributed by atoms with van der Waals surface area (Å²) in [6.45, 7) is 0. The molecule has 0 aliphatic rings. The molecule has 0 amide bonds. The molecule has 0 aliphatic carbocycles. The van der Waals surface area contributed by atoms with Gasteiger partial charge in [-0.3, -0.25) is 0 Å². The van der Waals surface area contributed by atoms with Gasteiger partial charge in [0, 0.05) is 0 Å². The monoisotopic (exact) mass is 568 g/mol. The van der Waals surface area contributed by atoms with E-state index in [0.29, 0.717) is 0 Å². The molecule has 0 fully saturated rings. The van der Waals surface area contributed by atoms with Gasteiger partial charge in [0.1, 0.15) is 0 Å². The summed E-state index contributed by atoms with van der Waals surface area (Å²) in [5.74, 6) is 0. The first kappa shape index (κ1) is 26.7. The third kappa shape index (κ3) is 5.70. The normalized spacial score (nSPS) is 11.3. The van der Waals surface area contributed by atoms with Crippen LogP contribution >= 0.6 is 28.5 Å². The van der Waals surface area contributed by atoms with E-state index < -0.39 is 15.8 Å². The van der Waals surface area contributed by atoms with Crippen molar-refractivity contribution in [1.29, 1.82) is 0 Å². The highest BCUT2D eigenvalue weighted by atomic mass is 32.1. The van der Waals surface area contributed by atoms with Crippen LogP contribution in [0.3, 0.4) is 0 Å². The molecule has 6 aromatic rings. The Morgan fingerprint density at radius 1 is 0.325 bits per heavy atom. The molecular weight excluding hydrogens is 538 g/mol. The van der Waals surface area contributed by atoms with Gasteiger partial charge in [-0.1, -0.05) is 170 Å². The zero-order chi connectivity index (χ0) is 27.1. The highest BCUT2D eigenvalue weighted by Gasteiger charge is 2.26. The van der Waals surface area contributed by atoms with Crippen molar-refractivity contribution >= 4 is 60.3 Å². The summed E-state index contributed by atoms with van der Waals surface area (Å²) in [5.41, 5.74) is 2.54. The first-order chi connectivity index (χ1) is 19.8. The molecule has 0 atom stereocenters. The Morgan fingerprint density at radius 2 is 0.575 bits per heavy atom. The highest BCUT2D eigenvalue weighted by Crippen LogP contribution is 2.41. The van der Waals surface area contributed by atoms with Crippen LogP contribution in [0, 0.1) is 0 Å². The molecule has 0 aliphatic heterocycles. The van der Waals surface area contributed by atoms with Gasteiger partial charge in [-0.15, -0.1) is 0 Å². The van der Waals surface area contributed by atoms with Gasteiger partial charge < -0.3 is 0 Å². The maximum absolute atomic E-state index is 5.41. The molecule has 0 bridgehead atoms. The van der Waals surface area contributed by atoms with Gasteiger partial charge in [-0.05, 0) is 58.8 Å². The van der Waals surface area contributed by atoms with Crippen molar-refractivity contribution < 1.29 is 0 Å². The molecule has 3 heteroatoms. The number of thiol groups is 1. The fourth-order valence-electron chi connectivity index (χ4n) is 5.18. The smallest absolute Gasteiger partial charge is 0.0529 e. The first-order valence-electron chi connectivity index (χ1n) is 13.5. The number of rotatable bonds is 8. The average molecular weight is 569 g/mol. The standard InChI is InChI=1S/C37H30P2S/c40-37(33-25-13-15-27-35(33)38(29-17-5-1-6-18-29)30-19-7-2-8-20-30)34-26-14-16-28-36(34)39(31-21-9-3-10-22-31)32-23-11-4-12-24-32/h1-28,37,40H. The minimum Gasteiger partial charge on any atom is -0.166 e.